The lowest BCUT2D eigenvalue weighted by Gasteiger charge is -2.13. The summed E-state index contributed by atoms with van der Waals surface area (Å²) in [6.07, 6.45) is 8.12. The van der Waals surface area contributed by atoms with Gasteiger partial charge in [0.1, 0.15) is 6.54 Å². The first-order valence-corrected chi connectivity index (χ1v) is 7.64. The van der Waals surface area contributed by atoms with Crippen LogP contribution in [0.4, 0.5) is 0 Å². The van der Waals surface area contributed by atoms with Gasteiger partial charge in [0, 0.05) is 17.6 Å². The fourth-order valence-electron chi connectivity index (χ4n) is 2.29. The van der Waals surface area contributed by atoms with Crippen LogP contribution >= 0.6 is 11.3 Å². The average Bonchev–Trinajstić information content (AvgIpc) is 2.72. The third-order valence-corrected chi connectivity index (χ3v) is 4.31. The van der Waals surface area contributed by atoms with Crippen LogP contribution in [0.1, 0.15) is 37.8 Å². The molecule has 5 heteroatoms. The average molecular weight is 280 g/mol. The third-order valence-electron chi connectivity index (χ3n) is 3.43. The highest BCUT2D eigenvalue weighted by atomic mass is 32.1. The molecule has 2 rings (SSSR count). The fraction of sp³-hybridized carbons (Fsp3) is 0.571. The maximum Gasteiger partial charge on any atom is 0.307 e. The van der Waals surface area contributed by atoms with E-state index in [4.69, 9.17) is 0 Å². The van der Waals surface area contributed by atoms with Crippen molar-refractivity contribution in [3.63, 3.8) is 0 Å². The number of nitrogens with zero attached hydrogens (tertiary/aromatic N) is 1. The second kappa shape index (κ2) is 6.70. The molecule has 0 saturated heterocycles. The predicted molar refractivity (Wildman–Crippen MR) is 77.5 cm³/mol. The van der Waals surface area contributed by atoms with Crippen LogP contribution in [0, 0.1) is 6.92 Å². The predicted octanol–water partition coefficient (Wildman–Crippen LogP) is 2.22. The number of hydrogen-bond acceptors (Lipinski definition) is 3. The molecule has 19 heavy (non-hydrogen) atoms. The van der Waals surface area contributed by atoms with E-state index in [9.17, 15) is 9.59 Å². The Balaban J connectivity index is 1.76. The minimum atomic E-state index is -0.0833. The Hall–Kier alpha value is -1.36. The summed E-state index contributed by atoms with van der Waals surface area (Å²) in [5.41, 5.74) is 2.30. The highest BCUT2D eigenvalue weighted by Gasteiger charge is 2.08. The maximum atomic E-state index is 11.8. The Morgan fingerprint density at radius 1 is 1.47 bits per heavy atom. The van der Waals surface area contributed by atoms with Crippen LogP contribution in [0.15, 0.2) is 21.8 Å². The first kappa shape index (κ1) is 14.1. The molecule has 0 spiro atoms. The van der Waals surface area contributed by atoms with Crippen molar-refractivity contribution in [2.45, 2.75) is 45.6 Å². The first-order valence-electron chi connectivity index (χ1n) is 6.76. The third kappa shape index (κ3) is 4.06. The van der Waals surface area contributed by atoms with Crippen molar-refractivity contribution < 1.29 is 4.79 Å². The van der Waals surface area contributed by atoms with Gasteiger partial charge in [0.15, 0.2) is 0 Å². The van der Waals surface area contributed by atoms with Crippen molar-refractivity contribution in [3.8, 4) is 0 Å². The molecule has 1 aromatic heterocycles. The van der Waals surface area contributed by atoms with Crippen molar-refractivity contribution in [2.24, 2.45) is 0 Å². The summed E-state index contributed by atoms with van der Waals surface area (Å²) >= 11 is 1.14. The summed E-state index contributed by atoms with van der Waals surface area (Å²) in [6.45, 7) is 2.65. The minimum absolute atomic E-state index is 0.0670. The van der Waals surface area contributed by atoms with Gasteiger partial charge in [-0.05, 0) is 39.0 Å². The number of rotatable bonds is 5. The molecule has 1 aliphatic rings. The lowest BCUT2D eigenvalue weighted by molar-refractivity contribution is -0.121. The van der Waals surface area contributed by atoms with Crippen LogP contribution < -0.4 is 10.2 Å². The number of carbonyl (C=O) groups excluding carboxylic acids is 1. The zero-order valence-corrected chi connectivity index (χ0v) is 12.1. The molecule has 0 bridgehead atoms. The van der Waals surface area contributed by atoms with Crippen molar-refractivity contribution in [3.05, 3.63) is 32.4 Å². The Labute approximate surface area is 117 Å². The van der Waals surface area contributed by atoms with Crippen molar-refractivity contribution in [1.82, 2.24) is 9.88 Å². The van der Waals surface area contributed by atoms with E-state index in [2.05, 4.69) is 11.4 Å². The molecule has 104 valence electrons. The van der Waals surface area contributed by atoms with Crippen LogP contribution in [0.3, 0.4) is 0 Å². The number of aryl methyl sites for hydroxylation is 1. The first-order chi connectivity index (χ1) is 9.16. The largest absolute Gasteiger partial charge is 0.354 e. The highest BCUT2D eigenvalue weighted by molar-refractivity contribution is 7.07. The molecule has 0 atom stereocenters. The number of aromatic nitrogens is 1. The summed E-state index contributed by atoms with van der Waals surface area (Å²) in [6, 6.07) is 0. The molecular weight excluding hydrogens is 260 g/mol. The number of allylic oxidation sites excluding steroid dienone is 1. The van der Waals surface area contributed by atoms with E-state index in [-0.39, 0.29) is 17.3 Å². The second-order valence-electron chi connectivity index (χ2n) is 4.94. The molecule has 0 aliphatic heterocycles. The van der Waals surface area contributed by atoms with Crippen LogP contribution in [-0.4, -0.2) is 17.0 Å². The van der Waals surface area contributed by atoms with Gasteiger partial charge in [-0.25, -0.2) is 0 Å². The van der Waals surface area contributed by atoms with E-state index in [0.717, 1.165) is 23.5 Å². The van der Waals surface area contributed by atoms with Gasteiger partial charge in [0.2, 0.25) is 5.91 Å². The fourth-order valence-corrected chi connectivity index (χ4v) is 3.02. The Morgan fingerprint density at radius 2 is 2.32 bits per heavy atom. The number of thiazole rings is 1. The van der Waals surface area contributed by atoms with E-state index >= 15 is 0 Å². The van der Waals surface area contributed by atoms with Crippen LogP contribution in [-0.2, 0) is 11.3 Å². The van der Waals surface area contributed by atoms with Crippen LogP contribution in [0.25, 0.3) is 0 Å². The molecule has 0 unspecified atom stereocenters. The SMILES string of the molecule is Cc1csc(=O)n1CC(=O)NCCC1=CCCCC1. The van der Waals surface area contributed by atoms with E-state index in [0.29, 0.717) is 6.54 Å². The lowest BCUT2D eigenvalue weighted by atomic mass is 9.97. The van der Waals surface area contributed by atoms with Gasteiger partial charge in [-0.3, -0.25) is 14.2 Å². The van der Waals surface area contributed by atoms with Gasteiger partial charge in [0.05, 0.1) is 0 Å². The van der Waals surface area contributed by atoms with Gasteiger partial charge in [-0.2, -0.15) is 0 Å². The molecule has 1 aliphatic carbocycles. The summed E-state index contributed by atoms with van der Waals surface area (Å²) in [5, 5.41) is 4.67. The highest BCUT2D eigenvalue weighted by Crippen LogP contribution is 2.19. The van der Waals surface area contributed by atoms with Crippen LogP contribution in [0.5, 0.6) is 0 Å². The molecule has 0 aromatic carbocycles. The molecule has 0 fully saturated rings. The van der Waals surface area contributed by atoms with Gasteiger partial charge in [-0.15, -0.1) is 0 Å². The molecule has 1 aromatic rings. The van der Waals surface area contributed by atoms with E-state index in [1.54, 1.807) is 5.38 Å². The van der Waals surface area contributed by atoms with Crippen molar-refractivity contribution in [2.75, 3.05) is 6.54 Å². The smallest absolute Gasteiger partial charge is 0.307 e. The Morgan fingerprint density at radius 3 is 2.95 bits per heavy atom. The van der Waals surface area contributed by atoms with Crippen molar-refractivity contribution in [1.29, 1.82) is 0 Å². The number of hydrogen-bond donors (Lipinski definition) is 1. The molecule has 1 heterocycles. The standard InChI is InChI=1S/C14H20N2O2S/c1-11-10-19-14(18)16(11)9-13(17)15-8-7-12-5-3-2-4-6-12/h5,10H,2-4,6-9H2,1H3,(H,15,17). The number of nitrogens with one attached hydrogen (secondary N) is 1. The second-order valence-corrected chi connectivity index (χ2v) is 5.76. The van der Waals surface area contributed by atoms with Gasteiger partial charge in [-0.1, -0.05) is 23.0 Å². The zero-order chi connectivity index (χ0) is 13.7. The van der Waals surface area contributed by atoms with Gasteiger partial charge >= 0.3 is 4.87 Å². The van der Waals surface area contributed by atoms with E-state index in [1.165, 1.54) is 35.8 Å². The topological polar surface area (TPSA) is 51.1 Å². The Kier molecular flexibility index (Phi) is 4.96. The summed E-state index contributed by atoms with van der Waals surface area (Å²) in [4.78, 5) is 23.2. The zero-order valence-electron chi connectivity index (χ0n) is 11.3. The normalized spacial score (nSPS) is 15.1. The summed E-state index contributed by atoms with van der Waals surface area (Å²) < 4.78 is 1.51. The van der Waals surface area contributed by atoms with E-state index in [1.807, 2.05) is 6.92 Å². The molecule has 0 saturated carbocycles. The Bertz CT molecular complexity index is 528. The lowest BCUT2D eigenvalue weighted by Crippen LogP contribution is -2.31. The van der Waals surface area contributed by atoms with Crippen molar-refractivity contribution >= 4 is 17.2 Å². The monoisotopic (exact) mass is 280 g/mol. The number of carbonyl (C=O) groups is 1. The van der Waals surface area contributed by atoms with Gasteiger partial charge < -0.3 is 5.32 Å². The molecule has 4 nitrogen and oxygen atoms in total. The molecular formula is C14H20N2O2S. The maximum absolute atomic E-state index is 11.8. The van der Waals surface area contributed by atoms with Crippen LogP contribution in [0.2, 0.25) is 0 Å². The molecule has 0 radical (unpaired) electrons. The number of amides is 1. The van der Waals surface area contributed by atoms with E-state index < -0.39 is 0 Å². The van der Waals surface area contributed by atoms with Gasteiger partial charge in [0.25, 0.3) is 0 Å². The molecule has 1 N–H and O–H groups in total. The summed E-state index contributed by atoms with van der Waals surface area (Å²) in [7, 11) is 0. The quantitative estimate of drug-likeness (QED) is 0.841. The molecule has 1 amide bonds. The summed E-state index contributed by atoms with van der Waals surface area (Å²) in [5.74, 6) is -0.0833. The minimum Gasteiger partial charge on any atom is -0.354 e.